The monoisotopic (exact) mass is 127 g/mol. The highest BCUT2D eigenvalue weighted by molar-refractivity contribution is 5.84. The van der Waals surface area contributed by atoms with Gasteiger partial charge >= 0.3 is 0 Å². The van der Waals surface area contributed by atoms with E-state index in [0.717, 1.165) is 19.3 Å². The lowest BCUT2D eigenvalue weighted by Gasteiger charge is -2.18. The van der Waals surface area contributed by atoms with E-state index in [9.17, 15) is 4.79 Å². The van der Waals surface area contributed by atoms with Gasteiger partial charge in [-0.3, -0.25) is 4.79 Å². The summed E-state index contributed by atoms with van der Waals surface area (Å²) < 4.78 is 0. The molecule has 52 valence electrons. The number of rotatable bonds is 1. The molecule has 0 spiro atoms. The SMILES string of the molecule is CN[C@H]1CCCCC1=O. The second-order valence-corrected chi connectivity index (χ2v) is 2.55. The van der Waals surface area contributed by atoms with Crippen molar-refractivity contribution in [2.24, 2.45) is 0 Å². The lowest BCUT2D eigenvalue weighted by atomic mass is 9.94. The molecule has 0 unspecified atom stereocenters. The molecule has 2 heteroatoms. The molecule has 1 atom stereocenters. The van der Waals surface area contributed by atoms with Gasteiger partial charge in [-0.15, -0.1) is 0 Å². The molecule has 0 aliphatic heterocycles. The molecule has 1 fully saturated rings. The fourth-order valence-corrected chi connectivity index (χ4v) is 1.29. The summed E-state index contributed by atoms with van der Waals surface area (Å²) in [5, 5.41) is 3.00. The molecule has 1 N–H and O–H groups in total. The van der Waals surface area contributed by atoms with Crippen molar-refractivity contribution in [1.29, 1.82) is 0 Å². The first-order valence-corrected chi connectivity index (χ1v) is 3.54. The molecule has 0 saturated heterocycles. The molecule has 9 heavy (non-hydrogen) atoms. The van der Waals surface area contributed by atoms with Gasteiger partial charge in [0, 0.05) is 6.42 Å². The molecule has 0 heterocycles. The van der Waals surface area contributed by atoms with Crippen molar-refractivity contribution >= 4 is 5.78 Å². The maximum absolute atomic E-state index is 11.0. The zero-order valence-electron chi connectivity index (χ0n) is 5.81. The van der Waals surface area contributed by atoms with E-state index < -0.39 is 0 Å². The fraction of sp³-hybridized carbons (Fsp3) is 0.857. The Hall–Kier alpha value is -0.370. The van der Waals surface area contributed by atoms with Gasteiger partial charge in [0.15, 0.2) is 0 Å². The number of nitrogens with one attached hydrogen (secondary N) is 1. The molecule has 1 rings (SSSR count). The summed E-state index contributed by atoms with van der Waals surface area (Å²) in [6.07, 6.45) is 4.12. The van der Waals surface area contributed by atoms with E-state index in [4.69, 9.17) is 0 Å². The Labute approximate surface area is 55.6 Å². The van der Waals surface area contributed by atoms with Crippen molar-refractivity contribution in [3.05, 3.63) is 0 Å². The van der Waals surface area contributed by atoms with Crippen LogP contribution in [-0.2, 0) is 4.79 Å². The standard InChI is InChI=1S/C7H13NO/c1-8-6-4-2-3-5-7(6)9/h6,8H,2-5H2,1H3/t6-/m0/s1. The van der Waals surface area contributed by atoms with Gasteiger partial charge in [-0.2, -0.15) is 0 Å². The summed E-state index contributed by atoms with van der Waals surface area (Å²) in [5.41, 5.74) is 0. The van der Waals surface area contributed by atoms with E-state index in [1.165, 1.54) is 6.42 Å². The van der Waals surface area contributed by atoms with Gasteiger partial charge in [-0.1, -0.05) is 6.42 Å². The summed E-state index contributed by atoms with van der Waals surface area (Å²) in [4.78, 5) is 11.0. The van der Waals surface area contributed by atoms with Gasteiger partial charge in [-0.25, -0.2) is 0 Å². The Morgan fingerprint density at radius 3 is 2.78 bits per heavy atom. The van der Waals surface area contributed by atoms with Crippen molar-refractivity contribution in [2.45, 2.75) is 31.7 Å². The average molecular weight is 127 g/mol. The highest BCUT2D eigenvalue weighted by Gasteiger charge is 2.19. The molecule has 0 amide bonds. The Morgan fingerprint density at radius 1 is 1.56 bits per heavy atom. The molecular formula is C7H13NO. The summed E-state index contributed by atoms with van der Waals surface area (Å²) >= 11 is 0. The average Bonchev–Trinajstić information content (AvgIpc) is 1.89. The molecule has 0 aromatic carbocycles. The van der Waals surface area contributed by atoms with Crippen LogP contribution in [0, 0.1) is 0 Å². The van der Waals surface area contributed by atoms with Gasteiger partial charge in [-0.05, 0) is 19.9 Å². The summed E-state index contributed by atoms with van der Waals surface area (Å²) in [6.45, 7) is 0. The van der Waals surface area contributed by atoms with Crippen molar-refractivity contribution in [1.82, 2.24) is 5.32 Å². The molecule has 2 nitrogen and oxygen atoms in total. The van der Waals surface area contributed by atoms with Crippen molar-refractivity contribution in [3.8, 4) is 0 Å². The Morgan fingerprint density at radius 2 is 2.33 bits per heavy atom. The summed E-state index contributed by atoms with van der Waals surface area (Å²) in [7, 11) is 1.86. The van der Waals surface area contributed by atoms with Crippen LogP contribution < -0.4 is 5.32 Å². The van der Waals surface area contributed by atoms with Crippen LogP contribution in [-0.4, -0.2) is 18.9 Å². The zero-order valence-corrected chi connectivity index (χ0v) is 5.81. The molecule has 0 aromatic rings. The van der Waals surface area contributed by atoms with E-state index in [0.29, 0.717) is 5.78 Å². The van der Waals surface area contributed by atoms with Crippen molar-refractivity contribution in [2.75, 3.05) is 7.05 Å². The second kappa shape index (κ2) is 2.97. The van der Waals surface area contributed by atoms with Crippen LogP contribution in [0.1, 0.15) is 25.7 Å². The number of carbonyl (C=O) groups is 1. The molecule has 1 aliphatic carbocycles. The van der Waals surface area contributed by atoms with Gasteiger partial charge in [0.05, 0.1) is 6.04 Å². The number of hydrogen-bond acceptors (Lipinski definition) is 2. The van der Waals surface area contributed by atoms with Gasteiger partial charge in [0.2, 0.25) is 0 Å². The van der Waals surface area contributed by atoms with Crippen LogP contribution in [0.4, 0.5) is 0 Å². The first kappa shape index (κ1) is 6.75. The van der Waals surface area contributed by atoms with E-state index >= 15 is 0 Å². The number of Topliss-reactive ketones (excluding diaryl/α,β-unsaturated/α-hetero) is 1. The minimum Gasteiger partial charge on any atom is -0.311 e. The Kier molecular flexibility index (Phi) is 2.22. The summed E-state index contributed by atoms with van der Waals surface area (Å²) in [5.74, 6) is 0.392. The fourth-order valence-electron chi connectivity index (χ4n) is 1.29. The molecule has 0 radical (unpaired) electrons. The van der Waals surface area contributed by atoms with Gasteiger partial charge in [0.1, 0.15) is 5.78 Å². The quantitative estimate of drug-likeness (QED) is 0.562. The Balaban J connectivity index is 2.39. The van der Waals surface area contributed by atoms with Crippen molar-refractivity contribution < 1.29 is 4.79 Å². The van der Waals surface area contributed by atoms with Crippen LogP contribution in [0.5, 0.6) is 0 Å². The third kappa shape index (κ3) is 1.52. The van der Waals surface area contributed by atoms with E-state index in [1.807, 2.05) is 7.05 Å². The lowest BCUT2D eigenvalue weighted by molar-refractivity contribution is -0.122. The summed E-state index contributed by atoms with van der Waals surface area (Å²) in [6, 6.07) is 0.166. The molecule has 0 bridgehead atoms. The molecule has 0 aromatic heterocycles. The minimum absolute atomic E-state index is 0.166. The smallest absolute Gasteiger partial charge is 0.149 e. The van der Waals surface area contributed by atoms with E-state index in [1.54, 1.807) is 0 Å². The van der Waals surface area contributed by atoms with E-state index in [2.05, 4.69) is 5.32 Å². The number of carbonyl (C=O) groups excluding carboxylic acids is 1. The van der Waals surface area contributed by atoms with E-state index in [-0.39, 0.29) is 6.04 Å². The molecule has 1 aliphatic rings. The van der Waals surface area contributed by atoms with Crippen LogP contribution in [0.15, 0.2) is 0 Å². The maximum atomic E-state index is 11.0. The molecular weight excluding hydrogens is 114 g/mol. The van der Waals surface area contributed by atoms with Crippen LogP contribution in [0.2, 0.25) is 0 Å². The zero-order chi connectivity index (χ0) is 6.69. The van der Waals surface area contributed by atoms with Crippen LogP contribution >= 0.6 is 0 Å². The topological polar surface area (TPSA) is 29.1 Å². The predicted molar refractivity (Wildman–Crippen MR) is 36.3 cm³/mol. The highest BCUT2D eigenvalue weighted by atomic mass is 16.1. The predicted octanol–water partition coefficient (Wildman–Crippen LogP) is 0.717. The third-order valence-corrected chi connectivity index (χ3v) is 1.90. The first-order valence-electron chi connectivity index (χ1n) is 3.54. The second-order valence-electron chi connectivity index (χ2n) is 2.55. The maximum Gasteiger partial charge on any atom is 0.149 e. The minimum atomic E-state index is 0.166. The third-order valence-electron chi connectivity index (χ3n) is 1.90. The largest absolute Gasteiger partial charge is 0.311 e. The highest BCUT2D eigenvalue weighted by Crippen LogP contribution is 2.13. The first-order chi connectivity index (χ1) is 4.34. The molecule has 1 saturated carbocycles. The lowest BCUT2D eigenvalue weighted by Crippen LogP contribution is -2.36. The number of likely N-dealkylation sites (N-methyl/N-ethyl adjacent to an activating group) is 1. The number of ketones is 1. The number of hydrogen-bond donors (Lipinski definition) is 1. The van der Waals surface area contributed by atoms with Gasteiger partial charge < -0.3 is 5.32 Å². The normalized spacial score (nSPS) is 28.6. The van der Waals surface area contributed by atoms with Crippen molar-refractivity contribution in [3.63, 3.8) is 0 Å². The van der Waals surface area contributed by atoms with Gasteiger partial charge in [0.25, 0.3) is 0 Å². The van der Waals surface area contributed by atoms with Crippen LogP contribution in [0.3, 0.4) is 0 Å². The Bertz CT molecular complexity index is 111. The van der Waals surface area contributed by atoms with Crippen LogP contribution in [0.25, 0.3) is 0 Å².